The highest BCUT2D eigenvalue weighted by molar-refractivity contribution is 14.1. The van der Waals surface area contributed by atoms with Gasteiger partial charge in [0.1, 0.15) is 28.5 Å². The number of carboxylic acid groups (broad SMARTS) is 1. The number of thiophene rings is 1. The van der Waals surface area contributed by atoms with Crippen molar-refractivity contribution in [3.63, 3.8) is 0 Å². The van der Waals surface area contributed by atoms with E-state index in [0.717, 1.165) is 39.7 Å². The highest BCUT2D eigenvalue weighted by Crippen LogP contribution is 2.38. The zero-order chi connectivity index (χ0) is 22.5. The number of fused-ring (bicyclic) bond motifs is 1. The number of anilines is 1. The van der Waals surface area contributed by atoms with Crippen molar-refractivity contribution in [3.8, 4) is 17.9 Å². The summed E-state index contributed by atoms with van der Waals surface area (Å²) in [5.41, 5.74) is 1.65. The van der Waals surface area contributed by atoms with E-state index in [2.05, 4.69) is 49.9 Å². The highest BCUT2D eigenvalue weighted by atomic mass is 127. The van der Waals surface area contributed by atoms with Crippen molar-refractivity contribution >= 4 is 72.8 Å². The fourth-order valence-electron chi connectivity index (χ4n) is 3.22. The Labute approximate surface area is 204 Å². The van der Waals surface area contributed by atoms with Gasteiger partial charge in [0.2, 0.25) is 0 Å². The maximum Gasteiger partial charge on any atom is 0.341 e. The van der Waals surface area contributed by atoms with E-state index in [1.54, 1.807) is 12.1 Å². The van der Waals surface area contributed by atoms with Crippen LogP contribution in [0.4, 0.5) is 5.00 Å². The third kappa shape index (κ3) is 5.45. The summed E-state index contributed by atoms with van der Waals surface area (Å²) in [6.07, 6.45) is 5.10. The fraction of sp³-hybridized carbons (Fsp3) is 0.238. The third-order valence-corrected chi connectivity index (χ3v) is 6.97. The Morgan fingerprint density at radius 2 is 2.06 bits per heavy atom. The van der Waals surface area contributed by atoms with Gasteiger partial charge in [0.15, 0.2) is 6.61 Å². The van der Waals surface area contributed by atoms with Gasteiger partial charge < -0.3 is 15.2 Å². The molecular weight excluding hydrogens is 597 g/mol. The number of rotatable bonds is 6. The monoisotopic (exact) mass is 611 g/mol. The SMILES string of the molecule is N#C/C(=C\c1cc(I)cc(Br)c1OCC(=O)O)C(=O)Nc1sc2c(c1C#N)CCCC2. The number of carbonyl (C=O) groups is 2. The molecule has 0 saturated heterocycles. The van der Waals surface area contributed by atoms with Gasteiger partial charge in [-0.15, -0.1) is 11.3 Å². The summed E-state index contributed by atoms with van der Waals surface area (Å²) >= 11 is 6.78. The van der Waals surface area contributed by atoms with E-state index in [1.807, 2.05) is 6.07 Å². The number of ether oxygens (including phenoxy) is 1. The van der Waals surface area contributed by atoms with Crippen LogP contribution in [0.3, 0.4) is 0 Å². The Balaban J connectivity index is 1.94. The molecule has 0 unspecified atom stereocenters. The minimum absolute atomic E-state index is 0.190. The Morgan fingerprint density at radius 1 is 1.32 bits per heavy atom. The second kappa shape index (κ2) is 10.3. The van der Waals surface area contributed by atoms with Crippen molar-refractivity contribution in [1.82, 2.24) is 0 Å². The van der Waals surface area contributed by atoms with Crippen LogP contribution >= 0.6 is 49.9 Å². The van der Waals surface area contributed by atoms with Crippen LogP contribution in [-0.2, 0) is 22.4 Å². The predicted octanol–water partition coefficient (Wildman–Crippen LogP) is 4.87. The van der Waals surface area contributed by atoms with Crippen molar-refractivity contribution in [2.45, 2.75) is 25.7 Å². The quantitative estimate of drug-likeness (QED) is 0.273. The molecule has 1 heterocycles. The molecule has 1 aromatic carbocycles. The molecule has 1 aliphatic carbocycles. The minimum Gasteiger partial charge on any atom is -0.480 e. The lowest BCUT2D eigenvalue weighted by atomic mass is 9.96. The minimum atomic E-state index is -1.15. The third-order valence-electron chi connectivity index (χ3n) is 4.55. The molecule has 2 N–H and O–H groups in total. The first-order valence-electron chi connectivity index (χ1n) is 9.15. The van der Waals surface area contributed by atoms with Gasteiger partial charge in [-0.25, -0.2) is 4.79 Å². The van der Waals surface area contributed by atoms with Crippen LogP contribution in [0.25, 0.3) is 6.08 Å². The van der Waals surface area contributed by atoms with Gasteiger partial charge in [0.05, 0.1) is 10.0 Å². The zero-order valence-electron chi connectivity index (χ0n) is 16.0. The summed E-state index contributed by atoms with van der Waals surface area (Å²) in [6.45, 7) is -0.569. The van der Waals surface area contributed by atoms with Crippen LogP contribution in [-0.4, -0.2) is 23.6 Å². The van der Waals surface area contributed by atoms with E-state index in [4.69, 9.17) is 9.84 Å². The number of hydrogen-bond donors (Lipinski definition) is 2. The molecule has 1 aliphatic rings. The van der Waals surface area contributed by atoms with Crippen LogP contribution in [0.15, 0.2) is 22.2 Å². The molecule has 0 atom stereocenters. The van der Waals surface area contributed by atoms with Crippen molar-refractivity contribution in [2.75, 3.05) is 11.9 Å². The second-order valence-corrected chi connectivity index (χ2v) is 9.84. The summed E-state index contributed by atoms with van der Waals surface area (Å²) in [4.78, 5) is 24.8. The summed E-state index contributed by atoms with van der Waals surface area (Å²) in [5, 5.41) is 31.2. The first-order chi connectivity index (χ1) is 14.8. The number of amides is 1. The van der Waals surface area contributed by atoms with Crippen LogP contribution in [0.2, 0.25) is 0 Å². The molecule has 0 bridgehead atoms. The first kappa shape index (κ1) is 23.3. The van der Waals surface area contributed by atoms with Gasteiger partial charge in [-0.3, -0.25) is 4.79 Å². The van der Waals surface area contributed by atoms with Crippen LogP contribution < -0.4 is 10.1 Å². The number of benzene rings is 1. The number of aliphatic carboxylic acids is 1. The summed E-state index contributed by atoms with van der Waals surface area (Å²) in [7, 11) is 0. The second-order valence-electron chi connectivity index (χ2n) is 6.64. The zero-order valence-corrected chi connectivity index (χ0v) is 20.6. The lowest BCUT2D eigenvalue weighted by Crippen LogP contribution is -2.14. The van der Waals surface area contributed by atoms with Gasteiger partial charge in [-0.1, -0.05) is 0 Å². The Bertz CT molecular complexity index is 1180. The van der Waals surface area contributed by atoms with Crippen molar-refractivity contribution in [1.29, 1.82) is 10.5 Å². The number of nitrogens with zero attached hydrogens (tertiary/aromatic N) is 2. The number of carbonyl (C=O) groups excluding carboxylic acids is 1. The first-order valence-corrected chi connectivity index (χ1v) is 11.8. The van der Waals surface area contributed by atoms with E-state index < -0.39 is 18.5 Å². The van der Waals surface area contributed by atoms with Crippen molar-refractivity contribution in [2.24, 2.45) is 0 Å². The van der Waals surface area contributed by atoms with Crippen LogP contribution in [0.5, 0.6) is 5.75 Å². The number of nitriles is 2. The van der Waals surface area contributed by atoms with E-state index in [1.165, 1.54) is 17.4 Å². The van der Waals surface area contributed by atoms with Gasteiger partial charge in [0, 0.05) is 14.0 Å². The van der Waals surface area contributed by atoms with E-state index in [-0.39, 0.29) is 11.3 Å². The number of hydrogen-bond acceptors (Lipinski definition) is 6. The Kier molecular flexibility index (Phi) is 7.70. The molecule has 3 rings (SSSR count). The van der Waals surface area contributed by atoms with E-state index >= 15 is 0 Å². The smallest absolute Gasteiger partial charge is 0.341 e. The average molecular weight is 612 g/mol. The summed E-state index contributed by atoms with van der Waals surface area (Å²) < 4.78 is 6.64. The standard InChI is InChI=1S/C21H15BrIN3O4S/c22-16-7-13(23)6-11(19(16)30-10-18(27)28)5-12(8-24)20(29)26-21-15(9-25)14-3-1-2-4-17(14)31-21/h5-7H,1-4,10H2,(H,26,29)(H,27,28)/b12-5+. The van der Waals surface area contributed by atoms with E-state index in [9.17, 15) is 20.1 Å². The molecule has 1 aromatic heterocycles. The molecular formula is C21H15BrIN3O4S. The molecule has 1 amide bonds. The Hall–Kier alpha value is -2.41. The molecule has 0 radical (unpaired) electrons. The van der Waals surface area contributed by atoms with Gasteiger partial charge in [-0.05, 0) is 88.0 Å². The molecule has 7 nitrogen and oxygen atoms in total. The van der Waals surface area contributed by atoms with Crippen molar-refractivity contribution in [3.05, 3.63) is 47.3 Å². The molecule has 10 heteroatoms. The maximum atomic E-state index is 12.8. The molecule has 0 aliphatic heterocycles. The number of halogens is 2. The molecule has 158 valence electrons. The number of nitrogens with one attached hydrogen (secondary N) is 1. The average Bonchev–Trinajstić information content (AvgIpc) is 3.07. The van der Waals surface area contributed by atoms with Gasteiger partial charge in [-0.2, -0.15) is 10.5 Å². The summed E-state index contributed by atoms with van der Waals surface area (Å²) in [6, 6.07) is 7.47. The topological polar surface area (TPSA) is 123 Å². The van der Waals surface area contributed by atoms with Gasteiger partial charge >= 0.3 is 5.97 Å². The molecule has 0 spiro atoms. The predicted molar refractivity (Wildman–Crippen MR) is 128 cm³/mol. The maximum absolute atomic E-state index is 12.8. The largest absolute Gasteiger partial charge is 0.480 e. The van der Waals surface area contributed by atoms with Crippen LogP contribution in [0.1, 0.15) is 34.4 Å². The number of aryl methyl sites for hydroxylation is 1. The molecule has 31 heavy (non-hydrogen) atoms. The summed E-state index contributed by atoms with van der Waals surface area (Å²) in [5.74, 6) is -1.58. The normalized spacial score (nSPS) is 13.0. The van der Waals surface area contributed by atoms with Gasteiger partial charge in [0.25, 0.3) is 5.91 Å². The molecule has 2 aromatic rings. The Morgan fingerprint density at radius 3 is 2.74 bits per heavy atom. The lowest BCUT2D eigenvalue weighted by Gasteiger charge is -2.11. The molecule has 0 saturated carbocycles. The van der Waals surface area contributed by atoms with Crippen LogP contribution in [0, 0.1) is 26.2 Å². The highest BCUT2D eigenvalue weighted by Gasteiger charge is 2.23. The fourth-order valence-corrected chi connectivity index (χ4v) is 6.12. The molecule has 0 fully saturated rings. The van der Waals surface area contributed by atoms with Crippen molar-refractivity contribution < 1.29 is 19.4 Å². The lowest BCUT2D eigenvalue weighted by molar-refractivity contribution is -0.139. The van der Waals surface area contributed by atoms with E-state index in [0.29, 0.717) is 20.6 Å². The number of carboxylic acids is 1.